The minimum Gasteiger partial charge on any atom is -0.444 e. The number of ether oxygens (including phenoxy) is 1. The highest BCUT2D eigenvalue weighted by molar-refractivity contribution is 6.30. The second-order valence-electron chi connectivity index (χ2n) is 6.95. The Morgan fingerprint density at radius 1 is 1.43 bits per heavy atom. The maximum atomic E-state index is 12.1. The Morgan fingerprint density at radius 3 is 2.83 bits per heavy atom. The third-order valence-corrected chi connectivity index (χ3v) is 4.22. The van der Waals surface area contributed by atoms with Crippen molar-refractivity contribution < 1.29 is 9.53 Å². The molecule has 0 heterocycles. The van der Waals surface area contributed by atoms with Crippen molar-refractivity contribution in [3.8, 4) is 0 Å². The number of nitrogens with one attached hydrogen (secondary N) is 1. The number of benzene rings is 1. The van der Waals surface area contributed by atoms with Gasteiger partial charge in [0.25, 0.3) is 0 Å². The van der Waals surface area contributed by atoms with Gasteiger partial charge in [-0.25, -0.2) is 4.79 Å². The van der Waals surface area contributed by atoms with Crippen molar-refractivity contribution in [3.63, 3.8) is 0 Å². The SMILES string of the molecule is CCN(CCNC1CCc2cc(Cl)ccc21)C(=O)OC(C)(C)C. The summed E-state index contributed by atoms with van der Waals surface area (Å²) >= 11 is 6.04. The molecule has 1 aliphatic rings. The fourth-order valence-electron chi connectivity index (χ4n) is 2.88. The Labute approximate surface area is 144 Å². The first-order valence-corrected chi connectivity index (χ1v) is 8.67. The molecule has 1 atom stereocenters. The van der Waals surface area contributed by atoms with Gasteiger partial charge in [0, 0.05) is 30.7 Å². The fraction of sp³-hybridized carbons (Fsp3) is 0.611. The first-order valence-electron chi connectivity index (χ1n) is 8.30. The van der Waals surface area contributed by atoms with E-state index in [-0.39, 0.29) is 6.09 Å². The lowest BCUT2D eigenvalue weighted by molar-refractivity contribution is 0.0261. The fourth-order valence-corrected chi connectivity index (χ4v) is 3.07. The van der Waals surface area contributed by atoms with E-state index in [4.69, 9.17) is 16.3 Å². The first kappa shape index (κ1) is 18.1. The highest BCUT2D eigenvalue weighted by atomic mass is 35.5. The normalized spacial score (nSPS) is 17.0. The number of hydrogen-bond donors (Lipinski definition) is 1. The van der Waals surface area contributed by atoms with Crippen LogP contribution in [0.2, 0.25) is 5.02 Å². The van der Waals surface area contributed by atoms with E-state index >= 15 is 0 Å². The molecule has 5 heteroatoms. The summed E-state index contributed by atoms with van der Waals surface area (Å²) in [6, 6.07) is 6.45. The molecule has 2 rings (SSSR count). The maximum absolute atomic E-state index is 12.1. The molecule has 1 amide bonds. The number of halogens is 1. The van der Waals surface area contributed by atoms with Crippen LogP contribution in [-0.2, 0) is 11.2 Å². The number of hydrogen-bond acceptors (Lipinski definition) is 3. The first-order chi connectivity index (χ1) is 10.8. The number of carbonyl (C=O) groups is 1. The number of aryl methyl sites for hydroxylation is 1. The zero-order chi connectivity index (χ0) is 17.0. The van der Waals surface area contributed by atoms with Crippen LogP contribution >= 0.6 is 11.6 Å². The van der Waals surface area contributed by atoms with E-state index in [0.29, 0.717) is 19.1 Å². The van der Waals surface area contributed by atoms with Crippen molar-refractivity contribution in [3.05, 3.63) is 34.3 Å². The zero-order valence-corrected chi connectivity index (χ0v) is 15.2. The van der Waals surface area contributed by atoms with Crippen LogP contribution in [-0.4, -0.2) is 36.2 Å². The van der Waals surface area contributed by atoms with Crippen molar-refractivity contribution in [2.24, 2.45) is 0 Å². The predicted octanol–water partition coefficient (Wildman–Crippen LogP) is 4.17. The molecule has 1 aliphatic carbocycles. The summed E-state index contributed by atoms with van der Waals surface area (Å²) in [5, 5.41) is 4.34. The molecule has 0 saturated carbocycles. The molecule has 1 aromatic rings. The van der Waals surface area contributed by atoms with E-state index in [1.807, 2.05) is 33.8 Å². The lowest BCUT2D eigenvalue weighted by Gasteiger charge is -2.27. The van der Waals surface area contributed by atoms with Crippen LogP contribution in [0.1, 0.15) is 51.3 Å². The van der Waals surface area contributed by atoms with E-state index < -0.39 is 5.60 Å². The molecule has 0 bridgehead atoms. The topological polar surface area (TPSA) is 41.6 Å². The average Bonchev–Trinajstić information content (AvgIpc) is 2.83. The highest BCUT2D eigenvalue weighted by Gasteiger charge is 2.23. The quantitative estimate of drug-likeness (QED) is 0.875. The van der Waals surface area contributed by atoms with Crippen LogP contribution in [0, 0.1) is 0 Å². The van der Waals surface area contributed by atoms with Gasteiger partial charge in [0.15, 0.2) is 0 Å². The number of nitrogens with zero attached hydrogens (tertiary/aromatic N) is 1. The van der Waals surface area contributed by atoms with Gasteiger partial charge < -0.3 is 15.0 Å². The monoisotopic (exact) mass is 338 g/mol. The summed E-state index contributed by atoms with van der Waals surface area (Å²) in [5.41, 5.74) is 2.20. The number of carbonyl (C=O) groups excluding carboxylic acids is 1. The molecular weight excluding hydrogens is 312 g/mol. The molecule has 0 saturated heterocycles. The number of rotatable bonds is 5. The summed E-state index contributed by atoms with van der Waals surface area (Å²) in [6.45, 7) is 9.67. The lowest BCUT2D eigenvalue weighted by atomic mass is 10.1. The predicted molar refractivity (Wildman–Crippen MR) is 94.0 cm³/mol. The summed E-state index contributed by atoms with van der Waals surface area (Å²) < 4.78 is 5.43. The van der Waals surface area contributed by atoms with E-state index in [1.54, 1.807) is 4.90 Å². The smallest absolute Gasteiger partial charge is 0.410 e. The molecular formula is C18H27ClN2O2. The standard InChI is InChI=1S/C18H27ClN2O2/c1-5-21(17(22)23-18(2,3)4)11-10-20-16-9-6-13-12-14(19)7-8-15(13)16/h7-8,12,16,20H,5-6,9-11H2,1-4H3. The van der Waals surface area contributed by atoms with Crippen LogP contribution in [0.25, 0.3) is 0 Å². The summed E-state index contributed by atoms with van der Waals surface area (Å²) in [7, 11) is 0. The van der Waals surface area contributed by atoms with Crippen LogP contribution in [0.3, 0.4) is 0 Å². The average molecular weight is 339 g/mol. The molecule has 1 N–H and O–H groups in total. The van der Waals surface area contributed by atoms with Gasteiger partial charge in [-0.2, -0.15) is 0 Å². The van der Waals surface area contributed by atoms with Gasteiger partial charge >= 0.3 is 6.09 Å². The Kier molecular flexibility index (Phi) is 5.93. The second-order valence-corrected chi connectivity index (χ2v) is 7.38. The molecule has 0 aliphatic heterocycles. The van der Waals surface area contributed by atoms with Gasteiger partial charge in [-0.3, -0.25) is 0 Å². The van der Waals surface area contributed by atoms with E-state index in [1.165, 1.54) is 11.1 Å². The van der Waals surface area contributed by atoms with Crippen LogP contribution in [0.15, 0.2) is 18.2 Å². The Bertz CT molecular complexity index is 554. The summed E-state index contributed by atoms with van der Waals surface area (Å²) in [6.07, 6.45) is 1.88. The van der Waals surface area contributed by atoms with Gasteiger partial charge in [0.1, 0.15) is 5.60 Å². The van der Waals surface area contributed by atoms with Crippen molar-refractivity contribution >= 4 is 17.7 Å². The second kappa shape index (κ2) is 7.54. The van der Waals surface area contributed by atoms with E-state index in [0.717, 1.165) is 24.4 Å². The Hall–Kier alpha value is -1.26. The summed E-state index contributed by atoms with van der Waals surface area (Å²) in [5.74, 6) is 0. The van der Waals surface area contributed by atoms with E-state index in [9.17, 15) is 4.79 Å². The minimum absolute atomic E-state index is 0.250. The third kappa shape index (κ3) is 5.11. The molecule has 0 radical (unpaired) electrons. The van der Waals surface area contributed by atoms with E-state index in [2.05, 4.69) is 17.4 Å². The van der Waals surface area contributed by atoms with Crippen molar-refractivity contribution in [1.82, 2.24) is 10.2 Å². The molecule has 1 aromatic carbocycles. The zero-order valence-electron chi connectivity index (χ0n) is 14.5. The Morgan fingerprint density at radius 2 is 2.17 bits per heavy atom. The third-order valence-electron chi connectivity index (χ3n) is 3.99. The summed E-state index contributed by atoms with van der Waals surface area (Å²) in [4.78, 5) is 13.8. The molecule has 0 spiro atoms. The molecule has 23 heavy (non-hydrogen) atoms. The number of amides is 1. The number of likely N-dealkylation sites (N-methyl/N-ethyl adjacent to an activating group) is 1. The van der Waals surface area contributed by atoms with Gasteiger partial charge in [0.2, 0.25) is 0 Å². The van der Waals surface area contributed by atoms with Gasteiger partial charge in [0.05, 0.1) is 0 Å². The maximum Gasteiger partial charge on any atom is 0.410 e. The molecule has 4 nitrogen and oxygen atoms in total. The van der Waals surface area contributed by atoms with Crippen LogP contribution in [0.4, 0.5) is 4.79 Å². The van der Waals surface area contributed by atoms with Crippen molar-refractivity contribution in [1.29, 1.82) is 0 Å². The Balaban J connectivity index is 1.84. The molecule has 128 valence electrons. The van der Waals surface area contributed by atoms with Crippen molar-refractivity contribution in [2.45, 2.75) is 52.2 Å². The van der Waals surface area contributed by atoms with Gasteiger partial charge in [-0.15, -0.1) is 0 Å². The van der Waals surface area contributed by atoms with Crippen LogP contribution in [0.5, 0.6) is 0 Å². The number of fused-ring (bicyclic) bond motifs is 1. The molecule has 0 aromatic heterocycles. The lowest BCUT2D eigenvalue weighted by Crippen LogP contribution is -2.40. The minimum atomic E-state index is -0.457. The molecule has 1 unspecified atom stereocenters. The highest BCUT2D eigenvalue weighted by Crippen LogP contribution is 2.32. The van der Waals surface area contributed by atoms with Crippen molar-refractivity contribution in [2.75, 3.05) is 19.6 Å². The molecule has 0 fully saturated rings. The van der Waals surface area contributed by atoms with Gasteiger partial charge in [-0.05, 0) is 63.8 Å². The van der Waals surface area contributed by atoms with Crippen LogP contribution < -0.4 is 5.32 Å². The van der Waals surface area contributed by atoms with Gasteiger partial charge in [-0.1, -0.05) is 17.7 Å². The largest absolute Gasteiger partial charge is 0.444 e.